The molecule has 0 unspecified atom stereocenters. The largest absolute Gasteiger partial charge is 0.472 e. The molecule has 7 heteroatoms. The molecule has 2 aliphatic rings. The number of furan rings is 1. The minimum absolute atomic E-state index is 0.00293. The van der Waals surface area contributed by atoms with Crippen LogP contribution in [0.3, 0.4) is 0 Å². The van der Waals surface area contributed by atoms with Crippen molar-refractivity contribution in [2.45, 2.75) is 19.4 Å². The van der Waals surface area contributed by atoms with Crippen molar-refractivity contribution in [3.63, 3.8) is 0 Å². The number of carbonyl (C=O) groups is 2. The fourth-order valence-corrected chi connectivity index (χ4v) is 4.65. The summed E-state index contributed by atoms with van der Waals surface area (Å²) in [5.74, 6) is 0.306. The lowest BCUT2D eigenvalue weighted by atomic mass is 9.94. The van der Waals surface area contributed by atoms with Crippen molar-refractivity contribution in [3.05, 3.63) is 46.5 Å². The Kier molecular flexibility index (Phi) is 5.59. The lowest BCUT2D eigenvalue weighted by Gasteiger charge is -2.38. The molecule has 0 atom stereocenters. The zero-order valence-electron chi connectivity index (χ0n) is 15.4. The van der Waals surface area contributed by atoms with E-state index in [4.69, 9.17) is 4.42 Å². The molecule has 2 aliphatic heterocycles. The molecule has 27 heavy (non-hydrogen) atoms. The van der Waals surface area contributed by atoms with Crippen molar-refractivity contribution in [2.24, 2.45) is 5.92 Å². The van der Waals surface area contributed by atoms with Gasteiger partial charge in [-0.1, -0.05) is 6.07 Å². The number of carbonyl (C=O) groups excluding carboxylic acids is 2. The molecule has 2 saturated heterocycles. The van der Waals surface area contributed by atoms with Crippen LogP contribution in [0.5, 0.6) is 0 Å². The predicted octanol–water partition coefficient (Wildman–Crippen LogP) is 2.54. The van der Waals surface area contributed by atoms with E-state index in [0.29, 0.717) is 18.7 Å². The second kappa shape index (κ2) is 8.27. The number of nitrogens with zero attached hydrogens (tertiary/aromatic N) is 3. The highest BCUT2D eigenvalue weighted by molar-refractivity contribution is 7.09. The van der Waals surface area contributed by atoms with Crippen molar-refractivity contribution in [2.75, 3.05) is 39.3 Å². The third-order valence-electron chi connectivity index (χ3n) is 5.54. The van der Waals surface area contributed by atoms with Gasteiger partial charge in [0.25, 0.3) is 5.91 Å². The molecule has 2 amide bonds. The van der Waals surface area contributed by atoms with Crippen molar-refractivity contribution in [1.82, 2.24) is 14.7 Å². The van der Waals surface area contributed by atoms with Gasteiger partial charge in [0, 0.05) is 56.6 Å². The van der Waals surface area contributed by atoms with Crippen LogP contribution in [0.2, 0.25) is 0 Å². The standard InChI is InChI=1S/C20H25N3O3S/c24-19(23-10-8-21(9-11-23)14-18-2-1-13-27-18)16-3-6-22(7-4-16)20(25)17-5-12-26-15-17/h1-2,5,12-13,15-16H,3-4,6-11,14H2. The molecule has 4 rings (SSSR count). The SMILES string of the molecule is O=C(c1ccoc1)N1CCC(C(=O)N2CCN(Cc3cccs3)CC2)CC1. The molecule has 2 aromatic rings. The van der Waals surface area contributed by atoms with Crippen molar-refractivity contribution in [3.8, 4) is 0 Å². The zero-order chi connectivity index (χ0) is 18.6. The molecule has 2 aromatic heterocycles. The second-order valence-electron chi connectivity index (χ2n) is 7.26. The number of amides is 2. The van der Waals surface area contributed by atoms with E-state index in [-0.39, 0.29) is 17.7 Å². The van der Waals surface area contributed by atoms with Crippen molar-refractivity contribution < 1.29 is 14.0 Å². The van der Waals surface area contributed by atoms with Gasteiger partial charge in [0.1, 0.15) is 6.26 Å². The predicted molar refractivity (Wildman–Crippen MR) is 104 cm³/mol. The molecular weight excluding hydrogens is 362 g/mol. The summed E-state index contributed by atoms with van der Waals surface area (Å²) >= 11 is 1.79. The first-order valence-electron chi connectivity index (χ1n) is 9.56. The highest BCUT2D eigenvalue weighted by Gasteiger charge is 2.32. The van der Waals surface area contributed by atoms with E-state index < -0.39 is 0 Å². The summed E-state index contributed by atoms with van der Waals surface area (Å²) in [6.07, 6.45) is 4.49. The van der Waals surface area contributed by atoms with Crippen LogP contribution < -0.4 is 0 Å². The Balaban J connectivity index is 1.23. The van der Waals surface area contributed by atoms with Crippen molar-refractivity contribution >= 4 is 23.2 Å². The van der Waals surface area contributed by atoms with Crippen LogP contribution in [-0.4, -0.2) is 65.8 Å². The van der Waals surface area contributed by atoms with Gasteiger partial charge in [0.15, 0.2) is 0 Å². The molecule has 144 valence electrons. The molecule has 0 N–H and O–H groups in total. The van der Waals surface area contributed by atoms with Gasteiger partial charge in [-0.25, -0.2) is 0 Å². The number of likely N-dealkylation sites (tertiary alicyclic amines) is 1. The molecule has 0 aliphatic carbocycles. The Morgan fingerprint density at radius 1 is 1.04 bits per heavy atom. The smallest absolute Gasteiger partial charge is 0.257 e. The molecule has 0 saturated carbocycles. The van der Waals surface area contributed by atoms with E-state index in [9.17, 15) is 9.59 Å². The van der Waals surface area contributed by atoms with Crippen LogP contribution in [0.15, 0.2) is 40.5 Å². The highest BCUT2D eigenvalue weighted by Crippen LogP contribution is 2.22. The number of piperidine rings is 1. The quantitative estimate of drug-likeness (QED) is 0.809. The van der Waals surface area contributed by atoms with Gasteiger partial charge in [0.2, 0.25) is 5.91 Å². The zero-order valence-corrected chi connectivity index (χ0v) is 16.2. The van der Waals surface area contributed by atoms with Gasteiger partial charge in [-0.15, -0.1) is 11.3 Å². The van der Waals surface area contributed by atoms with Crippen LogP contribution in [0.25, 0.3) is 0 Å². The van der Waals surface area contributed by atoms with E-state index in [1.54, 1.807) is 17.4 Å². The average molecular weight is 388 g/mol. The van der Waals surface area contributed by atoms with E-state index >= 15 is 0 Å². The summed E-state index contributed by atoms with van der Waals surface area (Å²) in [6.45, 7) is 5.73. The number of hydrogen-bond acceptors (Lipinski definition) is 5. The summed E-state index contributed by atoms with van der Waals surface area (Å²) in [4.78, 5) is 32.9. The maximum Gasteiger partial charge on any atom is 0.257 e. The Morgan fingerprint density at radius 3 is 2.44 bits per heavy atom. The summed E-state index contributed by atoms with van der Waals surface area (Å²) in [7, 11) is 0. The van der Waals surface area contributed by atoms with E-state index in [1.807, 2.05) is 9.80 Å². The first kappa shape index (κ1) is 18.3. The summed E-state index contributed by atoms with van der Waals surface area (Å²) in [5, 5.41) is 2.11. The molecule has 0 bridgehead atoms. The molecular formula is C20H25N3O3S. The normalized spacial score (nSPS) is 19.4. The van der Waals surface area contributed by atoms with Crippen LogP contribution in [0.1, 0.15) is 28.1 Å². The highest BCUT2D eigenvalue weighted by atomic mass is 32.1. The summed E-state index contributed by atoms with van der Waals surface area (Å²) in [5.41, 5.74) is 0.585. The minimum atomic E-state index is -0.00293. The van der Waals surface area contributed by atoms with Gasteiger partial charge >= 0.3 is 0 Å². The van der Waals surface area contributed by atoms with E-state index in [1.165, 1.54) is 17.4 Å². The summed E-state index contributed by atoms with van der Waals surface area (Å²) < 4.78 is 4.99. The lowest BCUT2D eigenvalue weighted by molar-refractivity contribution is -0.138. The number of rotatable bonds is 4. The molecule has 2 fully saturated rings. The third-order valence-corrected chi connectivity index (χ3v) is 6.40. The molecule has 6 nitrogen and oxygen atoms in total. The summed E-state index contributed by atoms with van der Waals surface area (Å²) in [6, 6.07) is 5.94. The van der Waals surface area contributed by atoms with Gasteiger partial charge < -0.3 is 14.2 Å². The maximum atomic E-state index is 12.9. The fourth-order valence-electron chi connectivity index (χ4n) is 3.91. The molecule has 0 aromatic carbocycles. The van der Waals surface area contributed by atoms with Crippen LogP contribution in [-0.2, 0) is 11.3 Å². The van der Waals surface area contributed by atoms with Gasteiger partial charge in [0.05, 0.1) is 11.8 Å². The average Bonchev–Trinajstić information content (AvgIpc) is 3.42. The Morgan fingerprint density at radius 2 is 1.81 bits per heavy atom. The van der Waals surface area contributed by atoms with Gasteiger partial charge in [-0.3, -0.25) is 14.5 Å². The first-order chi connectivity index (χ1) is 13.2. The molecule has 0 radical (unpaired) electrons. The second-order valence-corrected chi connectivity index (χ2v) is 8.29. The topological polar surface area (TPSA) is 57.0 Å². The van der Waals surface area contributed by atoms with Crippen molar-refractivity contribution in [1.29, 1.82) is 0 Å². The number of piperazine rings is 1. The Labute approximate surface area is 163 Å². The Hall–Kier alpha value is -2.12. The molecule has 4 heterocycles. The lowest BCUT2D eigenvalue weighted by Crippen LogP contribution is -2.51. The van der Waals surface area contributed by atoms with E-state index in [0.717, 1.165) is 45.6 Å². The van der Waals surface area contributed by atoms with Crippen LogP contribution in [0.4, 0.5) is 0 Å². The monoisotopic (exact) mass is 387 g/mol. The van der Waals surface area contributed by atoms with Gasteiger partial charge in [-0.2, -0.15) is 0 Å². The minimum Gasteiger partial charge on any atom is -0.472 e. The molecule has 0 spiro atoms. The Bertz CT molecular complexity index is 744. The van der Waals surface area contributed by atoms with Crippen LogP contribution >= 0.6 is 11.3 Å². The maximum absolute atomic E-state index is 12.9. The van der Waals surface area contributed by atoms with Gasteiger partial charge in [-0.05, 0) is 30.4 Å². The van der Waals surface area contributed by atoms with Crippen LogP contribution in [0, 0.1) is 5.92 Å². The first-order valence-corrected chi connectivity index (χ1v) is 10.4. The third kappa shape index (κ3) is 4.25. The fraction of sp³-hybridized carbons (Fsp3) is 0.500. The number of hydrogen-bond donors (Lipinski definition) is 0. The van der Waals surface area contributed by atoms with E-state index in [2.05, 4.69) is 22.4 Å². The number of thiophene rings is 1.